The van der Waals surface area contributed by atoms with Gasteiger partial charge in [0.15, 0.2) is 0 Å². The van der Waals surface area contributed by atoms with Crippen LogP contribution >= 0.6 is 0 Å². The first-order chi connectivity index (χ1) is 13.4. The predicted molar refractivity (Wildman–Crippen MR) is 101 cm³/mol. The topological polar surface area (TPSA) is 9.23 Å². The van der Waals surface area contributed by atoms with Crippen LogP contribution in [0.25, 0.3) is 0 Å². The molecule has 0 aromatic rings. The third kappa shape index (κ3) is 5.52. The van der Waals surface area contributed by atoms with Crippen molar-refractivity contribution in [3.8, 4) is 0 Å². The SMILES string of the molecule is CC(C=COC=CC(C)(C1CCCCC1)C(F)(F)F)(C1CCCCC1)C(F)(F)F. The number of hydrogen-bond donors (Lipinski definition) is 0. The first kappa shape index (κ1) is 24.1. The molecule has 0 spiro atoms. The van der Waals surface area contributed by atoms with Crippen molar-refractivity contribution in [2.24, 2.45) is 22.7 Å². The van der Waals surface area contributed by atoms with E-state index in [1.165, 1.54) is 0 Å². The average molecular weight is 426 g/mol. The Morgan fingerprint density at radius 1 is 0.586 bits per heavy atom. The molecule has 2 fully saturated rings. The van der Waals surface area contributed by atoms with E-state index >= 15 is 0 Å². The van der Waals surface area contributed by atoms with Crippen LogP contribution in [0.1, 0.15) is 78.1 Å². The molecule has 2 aliphatic carbocycles. The Labute approximate surface area is 169 Å². The lowest BCUT2D eigenvalue weighted by atomic mass is 9.69. The van der Waals surface area contributed by atoms with Crippen LogP contribution in [0.2, 0.25) is 0 Å². The molecule has 0 radical (unpaired) electrons. The number of rotatable bonds is 6. The molecular weight excluding hydrogens is 394 g/mol. The van der Waals surface area contributed by atoms with Crippen LogP contribution in [-0.2, 0) is 4.74 Å². The van der Waals surface area contributed by atoms with Crippen molar-refractivity contribution < 1.29 is 31.1 Å². The highest BCUT2D eigenvalue weighted by atomic mass is 19.4. The van der Waals surface area contributed by atoms with E-state index in [1.807, 2.05) is 0 Å². The van der Waals surface area contributed by atoms with Gasteiger partial charge in [0.05, 0.1) is 23.4 Å². The summed E-state index contributed by atoms with van der Waals surface area (Å²) in [5.41, 5.74) is -4.09. The molecule has 168 valence electrons. The molecule has 2 atom stereocenters. The van der Waals surface area contributed by atoms with Crippen LogP contribution in [0.5, 0.6) is 0 Å². The summed E-state index contributed by atoms with van der Waals surface area (Å²) >= 11 is 0. The minimum atomic E-state index is -4.44. The summed E-state index contributed by atoms with van der Waals surface area (Å²) < 4.78 is 87.3. The highest BCUT2D eigenvalue weighted by Gasteiger charge is 2.55. The van der Waals surface area contributed by atoms with Gasteiger partial charge in [-0.15, -0.1) is 0 Å². The van der Waals surface area contributed by atoms with Crippen LogP contribution in [0, 0.1) is 22.7 Å². The number of halogens is 6. The molecule has 0 saturated heterocycles. The van der Waals surface area contributed by atoms with E-state index in [9.17, 15) is 26.3 Å². The van der Waals surface area contributed by atoms with E-state index in [4.69, 9.17) is 4.74 Å². The van der Waals surface area contributed by atoms with Gasteiger partial charge in [-0.05, 0) is 63.5 Å². The molecule has 29 heavy (non-hydrogen) atoms. The second-order valence-corrected chi connectivity index (χ2v) is 8.97. The van der Waals surface area contributed by atoms with Crippen LogP contribution in [0.4, 0.5) is 26.3 Å². The average Bonchev–Trinajstić information content (AvgIpc) is 2.67. The van der Waals surface area contributed by atoms with Gasteiger partial charge in [0, 0.05) is 0 Å². The highest BCUT2D eigenvalue weighted by Crippen LogP contribution is 2.51. The minimum Gasteiger partial charge on any atom is -0.473 e. The molecule has 0 aromatic carbocycles. The highest BCUT2D eigenvalue weighted by molar-refractivity contribution is 5.06. The molecule has 2 aliphatic rings. The summed E-state index contributed by atoms with van der Waals surface area (Å²) in [5, 5.41) is 0. The number of ether oxygens (including phenoxy) is 1. The van der Waals surface area contributed by atoms with E-state index in [1.54, 1.807) is 0 Å². The largest absolute Gasteiger partial charge is 0.473 e. The Morgan fingerprint density at radius 2 is 0.897 bits per heavy atom. The lowest BCUT2D eigenvalue weighted by molar-refractivity contribution is -0.220. The van der Waals surface area contributed by atoms with Crippen LogP contribution in [0.15, 0.2) is 24.7 Å². The van der Waals surface area contributed by atoms with Crippen molar-refractivity contribution in [3.63, 3.8) is 0 Å². The van der Waals surface area contributed by atoms with Gasteiger partial charge >= 0.3 is 12.4 Å². The Bertz CT molecular complexity index is 517. The van der Waals surface area contributed by atoms with Crippen molar-refractivity contribution in [1.29, 1.82) is 0 Å². The Kier molecular flexibility index (Phi) is 7.77. The van der Waals surface area contributed by atoms with Crippen molar-refractivity contribution in [2.45, 2.75) is 90.4 Å². The molecule has 0 heterocycles. The number of alkyl halides is 6. The van der Waals surface area contributed by atoms with Gasteiger partial charge in [0.2, 0.25) is 0 Å². The maximum absolute atomic E-state index is 13.7. The van der Waals surface area contributed by atoms with Crippen LogP contribution in [-0.4, -0.2) is 12.4 Å². The van der Waals surface area contributed by atoms with Crippen molar-refractivity contribution in [3.05, 3.63) is 24.7 Å². The Morgan fingerprint density at radius 3 is 1.17 bits per heavy atom. The molecule has 0 aromatic heterocycles. The van der Waals surface area contributed by atoms with Gasteiger partial charge in [-0.25, -0.2) is 0 Å². The second-order valence-electron chi connectivity index (χ2n) is 8.97. The third-order valence-electron chi connectivity index (χ3n) is 7.11. The number of allylic oxidation sites excluding steroid dienone is 2. The van der Waals surface area contributed by atoms with Crippen molar-refractivity contribution in [2.75, 3.05) is 0 Å². The van der Waals surface area contributed by atoms with Crippen LogP contribution in [0.3, 0.4) is 0 Å². The van der Waals surface area contributed by atoms with E-state index in [2.05, 4.69) is 0 Å². The molecular formula is C22H32F6O. The molecule has 2 unspecified atom stereocenters. The van der Waals surface area contributed by atoms with E-state index in [0.717, 1.165) is 77.0 Å². The Balaban J connectivity index is 2.11. The monoisotopic (exact) mass is 426 g/mol. The molecule has 0 aliphatic heterocycles. The van der Waals surface area contributed by atoms with E-state index < -0.39 is 35.0 Å². The number of hydrogen-bond acceptors (Lipinski definition) is 1. The summed E-state index contributed by atoms with van der Waals surface area (Å²) in [6.45, 7) is 2.29. The first-order valence-electron chi connectivity index (χ1n) is 10.6. The maximum Gasteiger partial charge on any atom is 0.397 e. The lowest BCUT2D eigenvalue weighted by Crippen LogP contribution is -2.41. The van der Waals surface area contributed by atoms with Gasteiger partial charge in [-0.1, -0.05) is 38.5 Å². The summed E-state index contributed by atoms with van der Waals surface area (Å²) in [4.78, 5) is 0. The first-order valence-corrected chi connectivity index (χ1v) is 10.6. The fraction of sp³-hybridized carbons (Fsp3) is 0.818. The third-order valence-corrected chi connectivity index (χ3v) is 7.11. The normalized spacial score (nSPS) is 25.2. The molecule has 2 rings (SSSR count). The summed E-state index contributed by atoms with van der Waals surface area (Å²) in [6, 6.07) is 0. The summed E-state index contributed by atoms with van der Waals surface area (Å²) in [6.07, 6.45) is 1.73. The molecule has 1 nitrogen and oxygen atoms in total. The zero-order valence-electron chi connectivity index (χ0n) is 17.2. The molecule has 0 bridgehead atoms. The van der Waals surface area contributed by atoms with Gasteiger partial charge in [0.25, 0.3) is 0 Å². The standard InChI is InChI=1S/C22H32F6O/c1-19(21(23,24)25,17-9-5-3-6-10-17)13-15-29-16-14-20(2,22(26,27)28)18-11-7-4-8-12-18/h13-18H,3-12H2,1-2H3. The molecule has 7 heteroatoms. The van der Waals surface area contributed by atoms with Gasteiger partial charge in [0.1, 0.15) is 0 Å². The van der Waals surface area contributed by atoms with Gasteiger partial charge < -0.3 is 4.74 Å². The smallest absolute Gasteiger partial charge is 0.397 e. The van der Waals surface area contributed by atoms with Crippen molar-refractivity contribution in [1.82, 2.24) is 0 Å². The van der Waals surface area contributed by atoms with Crippen LogP contribution < -0.4 is 0 Å². The molecule has 0 amide bonds. The van der Waals surface area contributed by atoms with E-state index in [-0.39, 0.29) is 0 Å². The lowest BCUT2D eigenvalue weighted by Gasteiger charge is -2.39. The maximum atomic E-state index is 13.7. The summed E-state index contributed by atoms with van der Waals surface area (Å²) in [7, 11) is 0. The quantitative estimate of drug-likeness (QED) is 0.306. The zero-order valence-corrected chi connectivity index (χ0v) is 17.2. The predicted octanol–water partition coefficient (Wildman–Crippen LogP) is 8.33. The van der Waals surface area contributed by atoms with E-state index in [0.29, 0.717) is 25.7 Å². The fourth-order valence-electron chi connectivity index (χ4n) is 4.74. The Hall–Kier alpha value is -1.14. The zero-order chi connectivity index (χ0) is 21.8. The summed E-state index contributed by atoms with van der Waals surface area (Å²) in [5.74, 6) is -1.08. The minimum absolute atomic E-state index is 0.490. The fourth-order valence-corrected chi connectivity index (χ4v) is 4.74. The van der Waals surface area contributed by atoms with Gasteiger partial charge in [-0.3, -0.25) is 0 Å². The molecule has 0 N–H and O–H groups in total. The van der Waals surface area contributed by atoms with Crippen molar-refractivity contribution >= 4 is 0 Å². The second kappa shape index (κ2) is 9.34. The van der Waals surface area contributed by atoms with Gasteiger partial charge in [-0.2, -0.15) is 26.3 Å². The molecule has 2 saturated carbocycles.